The summed E-state index contributed by atoms with van der Waals surface area (Å²) in [6.45, 7) is -0.0900. The van der Waals surface area contributed by atoms with Gasteiger partial charge in [0.05, 0.1) is 29.4 Å². The molecule has 3 heterocycles. The molecule has 0 spiro atoms. The van der Waals surface area contributed by atoms with E-state index >= 15 is 0 Å². The van der Waals surface area contributed by atoms with Crippen molar-refractivity contribution in [2.24, 2.45) is 5.10 Å². The quantitative estimate of drug-likeness (QED) is 0.258. The number of fused-ring (bicyclic) bond motifs is 1. The fraction of sp³-hybridized carbons (Fsp3) is 0.0870. The number of benzene rings is 2. The highest BCUT2D eigenvalue weighted by molar-refractivity contribution is 6.32. The number of amides is 1. The lowest BCUT2D eigenvalue weighted by Crippen LogP contribution is -2.23. The number of carbonyl (C=O) groups is 1. The van der Waals surface area contributed by atoms with Crippen molar-refractivity contribution in [3.63, 3.8) is 0 Å². The summed E-state index contributed by atoms with van der Waals surface area (Å²) in [5, 5.41) is 11.9. The van der Waals surface area contributed by atoms with Crippen LogP contribution in [0.15, 0.2) is 68.7 Å². The zero-order valence-corrected chi connectivity index (χ0v) is 19.1. The highest BCUT2D eigenvalue weighted by Crippen LogP contribution is 2.31. The van der Waals surface area contributed by atoms with E-state index in [-0.39, 0.29) is 18.1 Å². The van der Waals surface area contributed by atoms with Crippen molar-refractivity contribution in [2.75, 3.05) is 12.8 Å². The lowest BCUT2D eigenvalue weighted by atomic mass is 10.2. The number of furan rings is 1. The van der Waals surface area contributed by atoms with Crippen LogP contribution >= 0.6 is 11.6 Å². The van der Waals surface area contributed by atoms with Crippen LogP contribution in [-0.2, 0) is 11.3 Å². The Morgan fingerprint density at radius 3 is 2.86 bits per heavy atom. The third-order valence-corrected chi connectivity index (χ3v) is 5.42. The topological polar surface area (TPSA) is 147 Å². The van der Waals surface area contributed by atoms with Gasteiger partial charge in [-0.1, -0.05) is 23.7 Å². The van der Waals surface area contributed by atoms with E-state index in [2.05, 4.69) is 25.8 Å². The van der Waals surface area contributed by atoms with Gasteiger partial charge >= 0.3 is 0 Å². The molecule has 0 aliphatic heterocycles. The van der Waals surface area contributed by atoms with Gasteiger partial charge in [-0.2, -0.15) is 5.10 Å². The number of ether oxygens (including phenoxy) is 1. The average Bonchev–Trinajstić information content (AvgIpc) is 3.58. The van der Waals surface area contributed by atoms with Gasteiger partial charge in [-0.25, -0.2) is 15.0 Å². The van der Waals surface area contributed by atoms with Crippen LogP contribution < -0.4 is 15.9 Å². The highest BCUT2D eigenvalue weighted by atomic mass is 35.5. The van der Waals surface area contributed by atoms with Crippen molar-refractivity contribution in [3.8, 4) is 28.6 Å². The summed E-state index contributed by atoms with van der Waals surface area (Å²) >= 11 is 6.19. The number of carbonyl (C=O) groups excluding carboxylic acids is 1. The van der Waals surface area contributed by atoms with E-state index in [1.54, 1.807) is 35.9 Å². The summed E-state index contributed by atoms with van der Waals surface area (Å²) < 4.78 is 17.3. The standard InChI is InChI=1S/C23H18ClN7O4/c1-33-19-8-6-13(10-15(19)24)18-9-7-14(34-18)11-26-28-20(32)12-31-17-5-3-2-4-16(17)27-23(31)21-22(25)30-35-29-21/h2-11H,12H2,1H3,(H2,25,30)(H,28,32)/b26-11-. The minimum absolute atomic E-state index is 0.0757. The molecule has 5 aromatic rings. The van der Waals surface area contributed by atoms with Crippen molar-refractivity contribution in [3.05, 3.63) is 65.4 Å². The molecule has 0 saturated carbocycles. The molecule has 0 bridgehead atoms. The number of imidazole rings is 1. The third-order valence-electron chi connectivity index (χ3n) is 5.13. The molecule has 5 rings (SSSR count). The van der Waals surface area contributed by atoms with Crippen molar-refractivity contribution in [2.45, 2.75) is 6.54 Å². The summed E-state index contributed by atoms with van der Waals surface area (Å²) in [5.74, 6) is 1.65. The molecule has 3 N–H and O–H groups in total. The lowest BCUT2D eigenvalue weighted by Gasteiger charge is -2.06. The van der Waals surface area contributed by atoms with Gasteiger partial charge in [-0.05, 0) is 52.8 Å². The van der Waals surface area contributed by atoms with Crippen molar-refractivity contribution in [1.82, 2.24) is 25.3 Å². The van der Waals surface area contributed by atoms with E-state index in [1.807, 2.05) is 30.3 Å². The van der Waals surface area contributed by atoms with Gasteiger partial charge in [0, 0.05) is 5.56 Å². The van der Waals surface area contributed by atoms with Gasteiger partial charge in [0.1, 0.15) is 23.8 Å². The molecule has 0 aliphatic rings. The number of nitrogen functional groups attached to an aromatic ring is 1. The molecule has 0 aliphatic carbocycles. The second kappa shape index (κ2) is 9.31. The number of nitrogens with zero attached hydrogens (tertiary/aromatic N) is 5. The van der Waals surface area contributed by atoms with Gasteiger partial charge in [0.25, 0.3) is 5.91 Å². The number of aromatic nitrogens is 4. The van der Waals surface area contributed by atoms with Crippen LogP contribution in [0.4, 0.5) is 5.82 Å². The first-order valence-corrected chi connectivity index (χ1v) is 10.7. The molecular weight excluding hydrogens is 474 g/mol. The minimum atomic E-state index is -0.394. The highest BCUT2D eigenvalue weighted by Gasteiger charge is 2.20. The molecule has 1 amide bonds. The van der Waals surface area contributed by atoms with Crippen LogP contribution in [0, 0.1) is 0 Å². The Morgan fingerprint density at radius 2 is 2.09 bits per heavy atom. The van der Waals surface area contributed by atoms with Crippen LogP contribution in [-0.4, -0.2) is 39.1 Å². The molecule has 3 aromatic heterocycles. The fourth-order valence-corrected chi connectivity index (χ4v) is 3.77. The van der Waals surface area contributed by atoms with Crippen LogP contribution in [0.1, 0.15) is 5.76 Å². The molecule has 0 radical (unpaired) electrons. The van der Waals surface area contributed by atoms with E-state index in [9.17, 15) is 4.79 Å². The monoisotopic (exact) mass is 491 g/mol. The maximum absolute atomic E-state index is 12.7. The molecule has 0 fully saturated rings. The lowest BCUT2D eigenvalue weighted by molar-refractivity contribution is -0.121. The number of hydrogen-bond donors (Lipinski definition) is 2. The maximum Gasteiger partial charge on any atom is 0.260 e. The third kappa shape index (κ3) is 4.44. The predicted octanol–water partition coefficient (Wildman–Crippen LogP) is 3.74. The number of methoxy groups -OCH3 is 1. The number of anilines is 1. The summed E-state index contributed by atoms with van der Waals surface area (Å²) in [6.07, 6.45) is 1.40. The number of rotatable bonds is 7. The van der Waals surface area contributed by atoms with Crippen LogP contribution in [0.3, 0.4) is 0 Å². The number of hydrogen-bond acceptors (Lipinski definition) is 9. The first kappa shape index (κ1) is 22.2. The summed E-state index contributed by atoms with van der Waals surface area (Å²) in [5.41, 5.74) is 10.7. The normalized spacial score (nSPS) is 11.4. The Bertz CT molecular complexity index is 1550. The average molecular weight is 492 g/mol. The number of para-hydroxylation sites is 2. The van der Waals surface area contributed by atoms with Gasteiger partial charge in [0.2, 0.25) is 0 Å². The molecule has 35 heavy (non-hydrogen) atoms. The Labute approximate surface area is 203 Å². The minimum Gasteiger partial charge on any atom is -0.495 e. The molecule has 176 valence electrons. The molecule has 0 saturated heterocycles. The second-order valence-electron chi connectivity index (χ2n) is 7.35. The van der Waals surface area contributed by atoms with Crippen molar-refractivity contribution < 1.29 is 18.6 Å². The largest absolute Gasteiger partial charge is 0.495 e. The number of halogens is 1. The second-order valence-corrected chi connectivity index (χ2v) is 7.76. The van der Waals surface area contributed by atoms with Gasteiger partial charge < -0.3 is 19.5 Å². The number of nitrogens with one attached hydrogen (secondary N) is 1. The van der Waals surface area contributed by atoms with E-state index < -0.39 is 5.91 Å². The Kier molecular flexibility index (Phi) is 5.90. The summed E-state index contributed by atoms with van der Waals surface area (Å²) in [7, 11) is 1.55. The molecule has 0 atom stereocenters. The molecule has 2 aromatic carbocycles. The maximum atomic E-state index is 12.7. The Morgan fingerprint density at radius 1 is 1.23 bits per heavy atom. The number of hydrazone groups is 1. The molecular formula is C23H18ClN7O4. The smallest absolute Gasteiger partial charge is 0.260 e. The fourth-order valence-electron chi connectivity index (χ4n) is 3.51. The Hall–Kier alpha value is -4.64. The first-order chi connectivity index (χ1) is 17.0. The van der Waals surface area contributed by atoms with E-state index in [0.29, 0.717) is 33.6 Å². The van der Waals surface area contributed by atoms with E-state index in [1.165, 1.54) is 6.21 Å². The van der Waals surface area contributed by atoms with E-state index in [0.717, 1.165) is 11.1 Å². The summed E-state index contributed by atoms with van der Waals surface area (Å²) in [6, 6.07) is 16.2. The van der Waals surface area contributed by atoms with Crippen LogP contribution in [0.25, 0.3) is 33.9 Å². The van der Waals surface area contributed by atoms with Crippen LogP contribution in [0.5, 0.6) is 5.75 Å². The van der Waals surface area contributed by atoms with Gasteiger partial charge in [-0.15, -0.1) is 0 Å². The molecule has 11 nitrogen and oxygen atoms in total. The van der Waals surface area contributed by atoms with Gasteiger partial charge in [0.15, 0.2) is 17.3 Å². The first-order valence-electron chi connectivity index (χ1n) is 10.3. The number of nitrogens with two attached hydrogens (primary N) is 1. The molecule has 12 heteroatoms. The summed E-state index contributed by atoms with van der Waals surface area (Å²) in [4.78, 5) is 17.2. The predicted molar refractivity (Wildman–Crippen MR) is 129 cm³/mol. The van der Waals surface area contributed by atoms with Crippen molar-refractivity contribution >= 4 is 40.6 Å². The zero-order chi connectivity index (χ0) is 24.4. The zero-order valence-electron chi connectivity index (χ0n) is 18.3. The van der Waals surface area contributed by atoms with Gasteiger partial charge in [-0.3, -0.25) is 4.79 Å². The van der Waals surface area contributed by atoms with E-state index in [4.69, 9.17) is 31.1 Å². The van der Waals surface area contributed by atoms with Crippen LogP contribution in [0.2, 0.25) is 5.02 Å². The van der Waals surface area contributed by atoms with Crippen molar-refractivity contribution in [1.29, 1.82) is 0 Å². The SMILES string of the molecule is COc1ccc(-c2ccc(/C=N\NC(=O)Cn3c(-c4nonc4N)nc4ccccc43)o2)cc1Cl. The molecule has 0 unspecified atom stereocenters. The Balaban J connectivity index is 1.30.